The van der Waals surface area contributed by atoms with Crippen molar-refractivity contribution in [3.05, 3.63) is 23.2 Å². The molecular weight excluding hydrogens is 385 g/mol. The van der Waals surface area contributed by atoms with Crippen LogP contribution in [0.15, 0.2) is 23.1 Å². The lowest BCUT2D eigenvalue weighted by Gasteiger charge is -2.31. The molecule has 1 heterocycles. The van der Waals surface area contributed by atoms with Gasteiger partial charge in [0.25, 0.3) is 0 Å². The minimum Gasteiger partial charge on any atom is -0.433 e. The van der Waals surface area contributed by atoms with Crippen molar-refractivity contribution in [2.75, 3.05) is 19.6 Å². The van der Waals surface area contributed by atoms with Gasteiger partial charge in [-0.3, -0.25) is 0 Å². The average molecular weight is 405 g/mol. The molecule has 2 rings (SSSR count). The van der Waals surface area contributed by atoms with Gasteiger partial charge in [0, 0.05) is 13.1 Å². The Hall–Kier alpha value is -0.670. The Balaban J connectivity index is 0.00000288. The van der Waals surface area contributed by atoms with E-state index in [2.05, 4.69) is 4.74 Å². The number of benzene rings is 1. The van der Waals surface area contributed by atoms with Gasteiger partial charge in [0.05, 0.1) is 9.92 Å². The lowest BCUT2D eigenvalue weighted by Crippen LogP contribution is -2.40. The summed E-state index contributed by atoms with van der Waals surface area (Å²) in [7, 11) is -3.72. The molecule has 5 nitrogen and oxygen atoms in total. The zero-order valence-corrected chi connectivity index (χ0v) is 15.2. The second-order valence-corrected chi connectivity index (χ2v) is 7.76. The molecule has 1 aliphatic rings. The molecule has 1 aromatic rings. The van der Waals surface area contributed by atoms with Gasteiger partial charge in [-0.25, -0.2) is 8.42 Å². The second kappa shape index (κ2) is 9.15. The predicted molar refractivity (Wildman–Crippen MR) is 90.5 cm³/mol. The molecule has 138 valence electrons. The van der Waals surface area contributed by atoms with Gasteiger partial charge < -0.3 is 10.5 Å². The third-order valence-corrected chi connectivity index (χ3v) is 5.97. The van der Waals surface area contributed by atoms with E-state index in [1.165, 1.54) is 10.4 Å². The zero-order valence-electron chi connectivity index (χ0n) is 12.8. The van der Waals surface area contributed by atoms with Crippen LogP contribution in [0.3, 0.4) is 0 Å². The number of nitrogens with zero attached hydrogens (tertiary/aromatic N) is 1. The molecule has 1 fully saturated rings. The number of rotatable bonds is 6. The Morgan fingerprint density at radius 1 is 1.42 bits per heavy atom. The largest absolute Gasteiger partial charge is 0.433 e. The van der Waals surface area contributed by atoms with Crippen molar-refractivity contribution in [2.24, 2.45) is 11.7 Å². The van der Waals surface area contributed by atoms with E-state index in [9.17, 15) is 17.2 Å². The fourth-order valence-corrected chi connectivity index (χ4v) is 4.57. The van der Waals surface area contributed by atoms with Crippen molar-refractivity contribution in [1.82, 2.24) is 4.31 Å². The quantitative estimate of drug-likeness (QED) is 0.790. The van der Waals surface area contributed by atoms with Crippen LogP contribution in [0.4, 0.5) is 8.78 Å². The summed E-state index contributed by atoms with van der Waals surface area (Å²) in [5, 5.41) is -0.165. The maximum Gasteiger partial charge on any atom is 0.387 e. The van der Waals surface area contributed by atoms with Crippen LogP contribution < -0.4 is 10.5 Å². The smallest absolute Gasteiger partial charge is 0.387 e. The minimum atomic E-state index is -3.72. The van der Waals surface area contributed by atoms with E-state index in [-0.39, 0.29) is 34.0 Å². The van der Waals surface area contributed by atoms with E-state index < -0.39 is 16.6 Å². The highest BCUT2D eigenvalue weighted by Gasteiger charge is 2.30. The number of ether oxygens (including phenoxy) is 1. The van der Waals surface area contributed by atoms with Gasteiger partial charge in [-0.15, -0.1) is 12.4 Å². The van der Waals surface area contributed by atoms with Crippen LogP contribution in [0.2, 0.25) is 5.02 Å². The van der Waals surface area contributed by atoms with Crippen molar-refractivity contribution in [2.45, 2.75) is 30.8 Å². The summed E-state index contributed by atoms with van der Waals surface area (Å²) >= 11 is 5.84. The molecule has 1 atom stereocenters. The normalized spacial score (nSPS) is 19.1. The molecule has 1 saturated heterocycles. The lowest BCUT2D eigenvalue weighted by atomic mass is 9.96. The van der Waals surface area contributed by atoms with Gasteiger partial charge in [-0.05, 0) is 49.9 Å². The van der Waals surface area contributed by atoms with E-state index in [0.717, 1.165) is 31.4 Å². The molecule has 1 aromatic carbocycles. The molecule has 0 bridgehead atoms. The molecule has 0 amide bonds. The fourth-order valence-electron chi connectivity index (χ4n) is 2.70. The van der Waals surface area contributed by atoms with Gasteiger partial charge in [0.15, 0.2) is 0 Å². The summed E-state index contributed by atoms with van der Waals surface area (Å²) in [5.74, 6) is -0.0132. The third kappa shape index (κ3) is 5.16. The number of piperidine rings is 1. The third-order valence-electron chi connectivity index (χ3n) is 3.81. The van der Waals surface area contributed by atoms with E-state index >= 15 is 0 Å². The molecule has 1 unspecified atom stereocenters. The van der Waals surface area contributed by atoms with E-state index in [4.69, 9.17) is 17.3 Å². The summed E-state index contributed by atoms with van der Waals surface area (Å²) in [4.78, 5) is -0.0301. The second-order valence-electron chi connectivity index (χ2n) is 5.42. The maximum absolute atomic E-state index is 12.7. The van der Waals surface area contributed by atoms with Gasteiger partial charge in [-0.1, -0.05) is 11.6 Å². The highest BCUT2D eigenvalue weighted by atomic mass is 35.5. The molecular formula is C14H20Cl2F2N2O3S. The monoisotopic (exact) mass is 404 g/mol. The summed E-state index contributed by atoms with van der Waals surface area (Å²) in [6, 6.07) is 3.51. The van der Waals surface area contributed by atoms with Crippen LogP contribution in [-0.4, -0.2) is 39.0 Å². The Labute approximate surface area is 151 Å². The maximum atomic E-state index is 12.7. The summed E-state index contributed by atoms with van der Waals surface area (Å²) in [6.07, 6.45) is 2.49. The SMILES string of the molecule is Cl.NCCC1CCCN(S(=O)(=O)c2ccc(OC(F)F)c(Cl)c2)C1. The van der Waals surface area contributed by atoms with Gasteiger partial charge in [0.2, 0.25) is 10.0 Å². The lowest BCUT2D eigenvalue weighted by molar-refractivity contribution is -0.0498. The molecule has 10 heteroatoms. The first-order valence-electron chi connectivity index (χ1n) is 7.29. The number of nitrogens with two attached hydrogens (primary N) is 1. The molecule has 0 radical (unpaired) electrons. The minimum absolute atomic E-state index is 0. The molecule has 24 heavy (non-hydrogen) atoms. The average Bonchev–Trinajstić information content (AvgIpc) is 2.49. The van der Waals surface area contributed by atoms with Gasteiger partial charge >= 0.3 is 6.61 Å². The summed E-state index contributed by atoms with van der Waals surface area (Å²) in [6.45, 7) is -1.67. The van der Waals surface area contributed by atoms with Crippen molar-refractivity contribution in [1.29, 1.82) is 0 Å². The van der Waals surface area contributed by atoms with Gasteiger partial charge in [-0.2, -0.15) is 13.1 Å². The molecule has 0 aromatic heterocycles. The zero-order chi connectivity index (χ0) is 17.0. The molecule has 2 N–H and O–H groups in total. The predicted octanol–water partition coefficient (Wildman–Crippen LogP) is 3.11. The van der Waals surface area contributed by atoms with Crippen LogP contribution in [0, 0.1) is 5.92 Å². The topological polar surface area (TPSA) is 72.6 Å². The van der Waals surface area contributed by atoms with Crippen molar-refractivity contribution in [3.8, 4) is 5.75 Å². The van der Waals surface area contributed by atoms with Crippen molar-refractivity contribution in [3.63, 3.8) is 0 Å². The van der Waals surface area contributed by atoms with E-state index in [0.29, 0.717) is 19.6 Å². The first-order valence-corrected chi connectivity index (χ1v) is 9.11. The van der Waals surface area contributed by atoms with E-state index in [1.54, 1.807) is 0 Å². The van der Waals surface area contributed by atoms with Crippen LogP contribution in [-0.2, 0) is 10.0 Å². The Morgan fingerprint density at radius 2 is 2.12 bits per heavy atom. The molecule has 0 aliphatic carbocycles. The van der Waals surface area contributed by atoms with E-state index in [1.807, 2.05) is 0 Å². The van der Waals surface area contributed by atoms with Crippen LogP contribution >= 0.6 is 24.0 Å². The first-order chi connectivity index (χ1) is 10.8. The van der Waals surface area contributed by atoms with Crippen LogP contribution in [0.25, 0.3) is 0 Å². The summed E-state index contributed by atoms with van der Waals surface area (Å²) in [5.41, 5.74) is 5.54. The Morgan fingerprint density at radius 3 is 2.71 bits per heavy atom. The highest BCUT2D eigenvalue weighted by molar-refractivity contribution is 7.89. The fraction of sp³-hybridized carbons (Fsp3) is 0.571. The molecule has 0 spiro atoms. The van der Waals surface area contributed by atoms with Crippen LogP contribution in [0.1, 0.15) is 19.3 Å². The Kier molecular flexibility index (Phi) is 8.14. The number of sulfonamides is 1. The number of halogens is 4. The molecule has 0 saturated carbocycles. The van der Waals surface area contributed by atoms with Gasteiger partial charge in [0.1, 0.15) is 5.75 Å². The number of alkyl halides is 2. The molecule has 1 aliphatic heterocycles. The van der Waals surface area contributed by atoms with Crippen molar-refractivity contribution < 1.29 is 21.9 Å². The highest BCUT2D eigenvalue weighted by Crippen LogP contribution is 2.31. The van der Waals surface area contributed by atoms with Crippen LogP contribution in [0.5, 0.6) is 5.75 Å². The summed E-state index contributed by atoms with van der Waals surface area (Å²) < 4.78 is 55.4. The number of hydrogen-bond donors (Lipinski definition) is 1. The Bertz CT molecular complexity index is 645. The number of hydrogen-bond acceptors (Lipinski definition) is 4. The first kappa shape index (κ1) is 21.4. The standard InChI is InChI=1S/C14H19ClF2N2O3S.ClH/c15-12-8-11(3-4-13(12)22-14(16)17)23(20,21)19-7-1-2-10(9-19)5-6-18;/h3-4,8,10,14H,1-2,5-7,9,18H2;1H. The van der Waals surface area contributed by atoms with Crippen molar-refractivity contribution >= 4 is 34.0 Å².